The van der Waals surface area contributed by atoms with Crippen LogP contribution in [0.3, 0.4) is 0 Å². The summed E-state index contributed by atoms with van der Waals surface area (Å²) in [4.78, 5) is 30.7. The highest BCUT2D eigenvalue weighted by atomic mass is 16.5. The van der Waals surface area contributed by atoms with Crippen molar-refractivity contribution in [2.45, 2.75) is 51.0 Å². The molecule has 2 fully saturated rings. The topological polar surface area (TPSA) is 107 Å². The van der Waals surface area contributed by atoms with Gasteiger partial charge in [0.05, 0.1) is 38.3 Å². The molecule has 2 aromatic rings. The van der Waals surface area contributed by atoms with Crippen LogP contribution in [0.1, 0.15) is 47.6 Å². The summed E-state index contributed by atoms with van der Waals surface area (Å²) in [7, 11) is 1.85. The lowest BCUT2D eigenvalue weighted by molar-refractivity contribution is -0.123. The third-order valence-corrected chi connectivity index (χ3v) is 6.00. The van der Waals surface area contributed by atoms with E-state index < -0.39 is 5.60 Å². The van der Waals surface area contributed by atoms with Crippen LogP contribution in [0, 0.1) is 5.92 Å². The number of hydrogen-bond donors (Lipinski definition) is 1. The molecule has 1 saturated heterocycles. The zero-order chi connectivity index (χ0) is 20.0. The second kappa shape index (κ2) is 6.94. The number of piperidine rings is 1. The Labute approximate surface area is 168 Å². The van der Waals surface area contributed by atoms with Gasteiger partial charge in [-0.2, -0.15) is 0 Å². The van der Waals surface area contributed by atoms with Crippen molar-refractivity contribution in [1.82, 2.24) is 34.8 Å². The molecule has 2 aliphatic heterocycles. The number of imidazole rings is 1. The van der Waals surface area contributed by atoms with Gasteiger partial charge in [-0.15, -0.1) is 5.10 Å². The maximum atomic E-state index is 12.8. The van der Waals surface area contributed by atoms with Gasteiger partial charge in [-0.25, -0.2) is 9.67 Å². The van der Waals surface area contributed by atoms with Crippen LogP contribution in [0.15, 0.2) is 12.5 Å². The fraction of sp³-hybridized carbons (Fsp3) is 0.632. The number of rotatable bonds is 4. The van der Waals surface area contributed by atoms with Gasteiger partial charge in [0, 0.05) is 25.7 Å². The van der Waals surface area contributed by atoms with Crippen molar-refractivity contribution in [2.24, 2.45) is 13.0 Å². The number of amides is 2. The molecule has 2 aromatic heterocycles. The van der Waals surface area contributed by atoms with Crippen LogP contribution in [-0.4, -0.2) is 59.9 Å². The number of fused-ring (bicyclic) bond motifs is 1. The first-order chi connectivity index (χ1) is 14.0. The highest BCUT2D eigenvalue weighted by Gasteiger charge is 2.43. The summed E-state index contributed by atoms with van der Waals surface area (Å²) in [5, 5.41) is 11.5. The Morgan fingerprint density at radius 2 is 2.21 bits per heavy atom. The lowest BCUT2D eigenvalue weighted by Crippen LogP contribution is -2.55. The van der Waals surface area contributed by atoms with E-state index in [1.54, 1.807) is 17.1 Å². The molecule has 29 heavy (non-hydrogen) atoms. The van der Waals surface area contributed by atoms with Gasteiger partial charge in [0.1, 0.15) is 17.0 Å². The predicted octanol–water partition coefficient (Wildman–Crippen LogP) is 0.243. The number of likely N-dealkylation sites (tertiary alicyclic amines) is 1. The highest BCUT2D eigenvalue weighted by molar-refractivity contribution is 5.92. The molecule has 2 amide bonds. The van der Waals surface area contributed by atoms with Gasteiger partial charge in [-0.05, 0) is 25.7 Å². The van der Waals surface area contributed by atoms with Gasteiger partial charge in [0.15, 0.2) is 0 Å². The van der Waals surface area contributed by atoms with E-state index in [4.69, 9.17) is 4.74 Å². The average molecular weight is 399 g/mol. The molecule has 1 unspecified atom stereocenters. The quantitative estimate of drug-likeness (QED) is 0.789. The van der Waals surface area contributed by atoms with Gasteiger partial charge in [-0.3, -0.25) is 9.59 Å². The van der Waals surface area contributed by atoms with Crippen molar-refractivity contribution < 1.29 is 14.3 Å². The molecule has 0 aromatic carbocycles. The number of hydrogen-bond acceptors (Lipinski definition) is 6. The fourth-order valence-corrected chi connectivity index (χ4v) is 4.20. The Balaban J connectivity index is 1.27. The molecular weight excluding hydrogens is 374 g/mol. The SMILES string of the molecule is Cn1cnc(C(=O)N2CCCC3(C2)Cn2nnc(CNC(=O)C4CC4)c2CO3)c1. The van der Waals surface area contributed by atoms with Crippen LogP contribution in [0.5, 0.6) is 0 Å². The summed E-state index contributed by atoms with van der Waals surface area (Å²) in [6.45, 7) is 2.52. The van der Waals surface area contributed by atoms with E-state index in [1.807, 2.05) is 16.6 Å². The zero-order valence-corrected chi connectivity index (χ0v) is 16.5. The molecule has 4 heterocycles. The number of aryl methyl sites for hydroxylation is 1. The smallest absolute Gasteiger partial charge is 0.274 e. The molecule has 1 N–H and O–H groups in total. The van der Waals surface area contributed by atoms with Crippen molar-refractivity contribution in [3.63, 3.8) is 0 Å². The molecule has 3 aliphatic rings. The second-order valence-electron chi connectivity index (χ2n) is 8.36. The minimum Gasteiger partial charge on any atom is -0.365 e. The lowest BCUT2D eigenvalue weighted by Gasteiger charge is -2.44. The largest absolute Gasteiger partial charge is 0.365 e. The molecule has 1 atom stereocenters. The minimum atomic E-state index is -0.460. The summed E-state index contributed by atoms with van der Waals surface area (Å²) in [6.07, 6.45) is 7.06. The molecule has 10 heteroatoms. The molecule has 1 spiro atoms. The molecule has 154 valence electrons. The number of nitrogens with zero attached hydrogens (tertiary/aromatic N) is 6. The summed E-state index contributed by atoms with van der Waals surface area (Å²) < 4.78 is 9.93. The highest BCUT2D eigenvalue weighted by Crippen LogP contribution is 2.33. The van der Waals surface area contributed by atoms with Crippen LogP contribution in [0.2, 0.25) is 0 Å². The van der Waals surface area contributed by atoms with E-state index in [2.05, 4.69) is 20.6 Å². The van der Waals surface area contributed by atoms with Crippen LogP contribution in [-0.2, 0) is 36.3 Å². The van der Waals surface area contributed by atoms with Crippen LogP contribution in [0.4, 0.5) is 0 Å². The van der Waals surface area contributed by atoms with Gasteiger partial charge in [0.2, 0.25) is 5.91 Å². The van der Waals surface area contributed by atoms with E-state index in [1.165, 1.54) is 0 Å². The molecular formula is C19H25N7O3. The van der Waals surface area contributed by atoms with Crippen LogP contribution < -0.4 is 5.32 Å². The number of aromatic nitrogens is 5. The van der Waals surface area contributed by atoms with E-state index in [0.29, 0.717) is 38.5 Å². The molecule has 10 nitrogen and oxygen atoms in total. The summed E-state index contributed by atoms with van der Waals surface area (Å²) in [6, 6.07) is 0. The molecule has 1 aliphatic carbocycles. The first-order valence-corrected chi connectivity index (χ1v) is 10.1. The van der Waals surface area contributed by atoms with E-state index in [9.17, 15) is 9.59 Å². The van der Waals surface area contributed by atoms with Crippen molar-refractivity contribution in [2.75, 3.05) is 13.1 Å². The van der Waals surface area contributed by atoms with Crippen LogP contribution >= 0.6 is 0 Å². The Hall–Kier alpha value is -2.75. The first-order valence-electron chi connectivity index (χ1n) is 10.1. The number of carbonyl (C=O) groups excluding carboxylic acids is 2. The summed E-state index contributed by atoms with van der Waals surface area (Å²) in [5.74, 6) is 0.197. The maximum Gasteiger partial charge on any atom is 0.274 e. The monoisotopic (exact) mass is 399 g/mol. The minimum absolute atomic E-state index is 0.0684. The predicted molar refractivity (Wildman–Crippen MR) is 100 cm³/mol. The van der Waals surface area contributed by atoms with Crippen molar-refractivity contribution in [3.8, 4) is 0 Å². The molecule has 1 saturated carbocycles. The first kappa shape index (κ1) is 18.3. The van der Waals surface area contributed by atoms with Gasteiger partial charge in [0.25, 0.3) is 5.91 Å². The van der Waals surface area contributed by atoms with Gasteiger partial charge < -0.3 is 19.5 Å². The molecule has 0 radical (unpaired) electrons. The standard InChI is InChI=1S/C19H25N7O3/c1-24-8-15(21-12-24)18(28)25-6-2-5-19(10-25)11-26-16(9-29-19)14(22-23-26)7-20-17(27)13-3-4-13/h8,12-13H,2-7,9-11H2,1H3,(H,20,27). The third kappa shape index (κ3) is 3.52. The van der Waals surface area contributed by atoms with Crippen molar-refractivity contribution in [3.05, 3.63) is 29.6 Å². The van der Waals surface area contributed by atoms with Gasteiger partial charge in [-0.1, -0.05) is 5.21 Å². The average Bonchev–Trinajstić information content (AvgIpc) is 3.37. The number of ether oxygens (including phenoxy) is 1. The third-order valence-electron chi connectivity index (χ3n) is 6.00. The molecule has 5 rings (SSSR count). The summed E-state index contributed by atoms with van der Waals surface area (Å²) >= 11 is 0. The van der Waals surface area contributed by atoms with Gasteiger partial charge >= 0.3 is 0 Å². The van der Waals surface area contributed by atoms with E-state index >= 15 is 0 Å². The van der Waals surface area contributed by atoms with Crippen LogP contribution in [0.25, 0.3) is 0 Å². The Morgan fingerprint density at radius 3 is 2.97 bits per heavy atom. The second-order valence-corrected chi connectivity index (χ2v) is 8.36. The number of nitrogens with one attached hydrogen (secondary N) is 1. The Bertz CT molecular complexity index is 948. The summed E-state index contributed by atoms with van der Waals surface area (Å²) in [5.41, 5.74) is 1.65. The Morgan fingerprint density at radius 1 is 1.34 bits per heavy atom. The van der Waals surface area contributed by atoms with Crippen molar-refractivity contribution in [1.29, 1.82) is 0 Å². The number of carbonyl (C=O) groups is 2. The maximum absolute atomic E-state index is 12.8. The fourth-order valence-electron chi connectivity index (χ4n) is 4.20. The Kier molecular flexibility index (Phi) is 4.38. The molecule has 0 bridgehead atoms. The van der Waals surface area contributed by atoms with E-state index in [0.717, 1.165) is 37.1 Å². The zero-order valence-electron chi connectivity index (χ0n) is 16.5. The van der Waals surface area contributed by atoms with Crippen molar-refractivity contribution >= 4 is 11.8 Å². The normalized spacial score (nSPS) is 23.8. The lowest BCUT2D eigenvalue weighted by atomic mass is 9.91. The van der Waals surface area contributed by atoms with E-state index in [-0.39, 0.29) is 17.7 Å².